The van der Waals surface area contributed by atoms with Crippen molar-refractivity contribution in [1.82, 2.24) is 5.32 Å². The van der Waals surface area contributed by atoms with Gasteiger partial charge in [-0.25, -0.2) is 0 Å². The maximum absolute atomic E-state index is 10.1. The lowest BCUT2D eigenvalue weighted by atomic mass is 9.95. The fourth-order valence-electron chi connectivity index (χ4n) is 2.58. The van der Waals surface area contributed by atoms with Crippen LogP contribution in [0.3, 0.4) is 0 Å². The van der Waals surface area contributed by atoms with E-state index in [1.807, 2.05) is 12.1 Å². The van der Waals surface area contributed by atoms with Crippen LogP contribution in [0, 0.1) is 6.92 Å². The number of aliphatic hydroxyl groups is 1. The highest BCUT2D eigenvalue weighted by Crippen LogP contribution is 2.19. The summed E-state index contributed by atoms with van der Waals surface area (Å²) in [5.74, 6) is 0. The Morgan fingerprint density at radius 1 is 1.29 bits per heavy atom. The summed E-state index contributed by atoms with van der Waals surface area (Å²) in [7, 11) is 0. The largest absolute Gasteiger partial charge is 0.387 e. The van der Waals surface area contributed by atoms with Gasteiger partial charge in [0.1, 0.15) is 0 Å². The van der Waals surface area contributed by atoms with Crippen molar-refractivity contribution < 1.29 is 5.11 Å². The Balaban J connectivity index is 1.82. The van der Waals surface area contributed by atoms with Gasteiger partial charge in [0.05, 0.1) is 6.10 Å². The van der Waals surface area contributed by atoms with Gasteiger partial charge in [0.15, 0.2) is 0 Å². The van der Waals surface area contributed by atoms with Crippen LogP contribution >= 0.6 is 0 Å². The minimum Gasteiger partial charge on any atom is -0.387 e. The van der Waals surface area contributed by atoms with Gasteiger partial charge in [-0.1, -0.05) is 49.1 Å². The maximum atomic E-state index is 10.1. The Bertz CT molecular complexity index is 345. The molecule has 0 bridgehead atoms. The highest BCUT2D eigenvalue weighted by molar-refractivity contribution is 5.24. The summed E-state index contributed by atoms with van der Waals surface area (Å²) in [4.78, 5) is 0. The van der Waals surface area contributed by atoms with Gasteiger partial charge >= 0.3 is 0 Å². The van der Waals surface area contributed by atoms with Crippen molar-refractivity contribution in [2.45, 2.75) is 51.2 Å². The highest BCUT2D eigenvalue weighted by atomic mass is 16.3. The molecule has 1 fully saturated rings. The molecule has 1 unspecified atom stereocenters. The number of aryl methyl sites for hydroxylation is 1. The van der Waals surface area contributed by atoms with Crippen LogP contribution < -0.4 is 5.32 Å². The van der Waals surface area contributed by atoms with Crippen molar-refractivity contribution in [1.29, 1.82) is 0 Å². The topological polar surface area (TPSA) is 32.3 Å². The maximum Gasteiger partial charge on any atom is 0.0914 e. The molecule has 1 aromatic rings. The number of hydrogen-bond acceptors (Lipinski definition) is 2. The van der Waals surface area contributed by atoms with Crippen LogP contribution in [-0.2, 0) is 0 Å². The van der Waals surface area contributed by atoms with Crippen LogP contribution in [0.4, 0.5) is 0 Å². The van der Waals surface area contributed by atoms with E-state index in [0.29, 0.717) is 12.6 Å². The molecule has 0 radical (unpaired) electrons. The van der Waals surface area contributed by atoms with E-state index in [1.165, 1.54) is 37.7 Å². The first-order chi connectivity index (χ1) is 8.25. The van der Waals surface area contributed by atoms with Crippen LogP contribution in [-0.4, -0.2) is 17.7 Å². The molecule has 17 heavy (non-hydrogen) atoms. The summed E-state index contributed by atoms with van der Waals surface area (Å²) in [6, 6.07) is 8.75. The van der Waals surface area contributed by atoms with E-state index >= 15 is 0 Å². The minimum atomic E-state index is -0.378. The number of hydrogen-bond donors (Lipinski definition) is 2. The van der Waals surface area contributed by atoms with Crippen molar-refractivity contribution in [2.75, 3.05) is 6.54 Å². The number of nitrogens with one attached hydrogen (secondary N) is 1. The summed E-state index contributed by atoms with van der Waals surface area (Å²) in [6.07, 6.45) is 6.19. The lowest BCUT2D eigenvalue weighted by Crippen LogP contribution is -2.34. The minimum absolute atomic E-state index is 0.378. The molecule has 0 aliphatic heterocycles. The Labute approximate surface area is 104 Å². The molecular weight excluding hydrogens is 210 g/mol. The summed E-state index contributed by atoms with van der Waals surface area (Å²) in [6.45, 7) is 2.74. The van der Waals surface area contributed by atoms with Gasteiger partial charge < -0.3 is 10.4 Å². The summed E-state index contributed by atoms with van der Waals surface area (Å²) in [5.41, 5.74) is 2.23. The second kappa shape index (κ2) is 6.18. The first-order valence-electron chi connectivity index (χ1n) is 6.74. The third kappa shape index (κ3) is 3.83. The summed E-state index contributed by atoms with van der Waals surface area (Å²) in [5, 5.41) is 13.6. The third-order valence-electron chi connectivity index (χ3n) is 3.63. The van der Waals surface area contributed by atoms with Crippen LogP contribution in [0.25, 0.3) is 0 Å². The molecule has 0 aromatic heterocycles. The number of benzene rings is 1. The van der Waals surface area contributed by atoms with Crippen molar-refractivity contribution in [2.24, 2.45) is 0 Å². The SMILES string of the molecule is Cc1cccc(C(O)CNC2CCCCC2)c1. The van der Waals surface area contributed by atoms with Crippen LogP contribution in [0.1, 0.15) is 49.3 Å². The molecule has 1 saturated carbocycles. The molecule has 1 aromatic carbocycles. The summed E-state index contributed by atoms with van der Waals surface area (Å²) >= 11 is 0. The van der Waals surface area contributed by atoms with Crippen molar-refractivity contribution in [3.8, 4) is 0 Å². The zero-order valence-electron chi connectivity index (χ0n) is 10.7. The van der Waals surface area contributed by atoms with E-state index < -0.39 is 0 Å². The zero-order chi connectivity index (χ0) is 12.1. The molecule has 0 heterocycles. The van der Waals surface area contributed by atoms with Crippen molar-refractivity contribution >= 4 is 0 Å². The highest BCUT2D eigenvalue weighted by Gasteiger charge is 2.14. The van der Waals surface area contributed by atoms with Crippen molar-refractivity contribution in [3.63, 3.8) is 0 Å². The third-order valence-corrected chi connectivity index (χ3v) is 3.63. The van der Waals surface area contributed by atoms with Gasteiger partial charge in [-0.15, -0.1) is 0 Å². The van der Waals surface area contributed by atoms with E-state index in [1.54, 1.807) is 0 Å². The average Bonchev–Trinajstić information content (AvgIpc) is 2.37. The molecule has 1 aliphatic rings. The van der Waals surface area contributed by atoms with Gasteiger partial charge in [0.25, 0.3) is 0 Å². The molecule has 2 nitrogen and oxygen atoms in total. The zero-order valence-corrected chi connectivity index (χ0v) is 10.7. The van der Waals surface area contributed by atoms with Crippen LogP contribution in [0.15, 0.2) is 24.3 Å². The predicted octanol–water partition coefficient (Wildman–Crippen LogP) is 2.95. The molecule has 2 rings (SSSR count). The Hall–Kier alpha value is -0.860. The van der Waals surface area contributed by atoms with Gasteiger partial charge in [-0.05, 0) is 25.3 Å². The molecule has 2 heteroatoms. The number of aliphatic hydroxyl groups excluding tert-OH is 1. The van der Waals surface area contributed by atoms with Crippen molar-refractivity contribution in [3.05, 3.63) is 35.4 Å². The Morgan fingerprint density at radius 2 is 2.06 bits per heavy atom. The second-order valence-electron chi connectivity index (χ2n) is 5.17. The van der Waals surface area contributed by atoms with Gasteiger partial charge in [0, 0.05) is 12.6 Å². The lowest BCUT2D eigenvalue weighted by Gasteiger charge is -2.24. The molecular formula is C15H23NO. The first-order valence-corrected chi connectivity index (χ1v) is 6.74. The predicted molar refractivity (Wildman–Crippen MR) is 71.0 cm³/mol. The van der Waals surface area contributed by atoms with E-state index in [-0.39, 0.29) is 6.10 Å². The quantitative estimate of drug-likeness (QED) is 0.838. The van der Waals surface area contributed by atoms with Gasteiger partial charge in [-0.2, -0.15) is 0 Å². The van der Waals surface area contributed by atoms with E-state index in [0.717, 1.165) is 5.56 Å². The lowest BCUT2D eigenvalue weighted by molar-refractivity contribution is 0.165. The second-order valence-corrected chi connectivity index (χ2v) is 5.17. The smallest absolute Gasteiger partial charge is 0.0914 e. The monoisotopic (exact) mass is 233 g/mol. The molecule has 1 aliphatic carbocycles. The number of rotatable bonds is 4. The molecule has 94 valence electrons. The molecule has 1 atom stereocenters. The first kappa shape index (κ1) is 12.6. The van der Waals surface area contributed by atoms with Crippen LogP contribution in [0.5, 0.6) is 0 Å². The van der Waals surface area contributed by atoms with E-state index in [4.69, 9.17) is 0 Å². The summed E-state index contributed by atoms with van der Waals surface area (Å²) < 4.78 is 0. The normalized spacial score (nSPS) is 19.2. The molecule has 0 amide bonds. The molecule has 0 spiro atoms. The van der Waals surface area contributed by atoms with E-state index in [2.05, 4.69) is 24.4 Å². The standard InChI is InChI=1S/C15H23NO/c1-12-6-5-7-13(10-12)15(17)11-16-14-8-3-2-4-9-14/h5-7,10,14-17H,2-4,8-9,11H2,1H3. The average molecular weight is 233 g/mol. The Morgan fingerprint density at radius 3 is 2.76 bits per heavy atom. The Kier molecular flexibility index (Phi) is 4.57. The molecule has 2 N–H and O–H groups in total. The fourth-order valence-corrected chi connectivity index (χ4v) is 2.58. The van der Waals surface area contributed by atoms with Gasteiger partial charge in [-0.3, -0.25) is 0 Å². The van der Waals surface area contributed by atoms with Crippen LogP contribution in [0.2, 0.25) is 0 Å². The van der Waals surface area contributed by atoms with E-state index in [9.17, 15) is 5.11 Å². The fraction of sp³-hybridized carbons (Fsp3) is 0.600. The molecule has 0 saturated heterocycles. The van der Waals surface area contributed by atoms with Gasteiger partial charge in [0.2, 0.25) is 0 Å².